The number of likely N-dealkylation sites (tertiary alicyclic amines) is 1. The second kappa shape index (κ2) is 7.09. The van der Waals surface area contributed by atoms with Gasteiger partial charge in [0.15, 0.2) is 0 Å². The van der Waals surface area contributed by atoms with Crippen LogP contribution in [0.3, 0.4) is 0 Å². The van der Waals surface area contributed by atoms with Crippen molar-refractivity contribution in [3.8, 4) is 0 Å². The van der Waals surface area contributed by atoms with Gasteiger partial charge in [-0.2, -0.15) is 0 Å². The number of nitrogens with zero attached hydrogens (tertiary/aromatic N) is 3. The highest BCUT2D eigenvalue weighted by atomic mass is 16.2. The standard InChI is InChI=1S/C21H23N3O/c25-21(16-23-15-11-17-6-3-4-7-19(17)23)24-14-5-1-2-8-20(24)18-9-12-22-13-10-18/h3-4,6-7,9-13,15,20H,1-2,5,8,14,16H2. The Morgan fingerprint density at radius 3 is 2.76 bits per heavy atom. The highest BCUT2D eigenvalue weighted by Crippen LogP contribution is 2.30. The Balaban J connectivity index is 1.60. The first-order valence-corrected chi connectivity index (χ1v) is 9.06. The molecular formula is C21H23N3O. The third kappa shape index (κ3) is 3.29. The number of rotatable bonds is 3. The van der Waals surface area contributed by atoms with Crippen molar-refractivity contribution in [1.82, 2.24) is 14.5 Å². The molecular weight excluding hydrogens is 310 g/mol. The number of hydrogen-bond acceptors (Lipinski definition) is 2. The minimum atomic E-state index is 0.167. The summed E-state index contributed by atoms with van der Waals surface area (Å²) in [5.41, 5.74) is 2.31. The first kappa shape index (κ1) is 15.9. The molecule has 1 amide bonds. The molecule has 1 fully saturated rings. The maximum absolute atomic E-state index is 13.1. The fourth-order valence-electron chi connectivity index (χ4n) is 3.85. The zero-order valence-electron chi connectivity index (χ0n) is 14.3. The summed E-state index contributed by atoms with van der Waals surface area (Å²) in [5.74, 6) is 0.199. The molecule has 3 heterocycles. The zero-order chi connectivity index (χ0) is 17.1. The largest absolute Gasteiger partial charge is 0.338 e. The maximum Gasteiger partial charge on any atom is 0.243 e. The monoisotopic (exact) mass is 333 g/mol. The van der Waals surface area contributed by atoms with Gasteiger partial charge in [0.25, 0.3) is 0 Å². The lowest BCUT2D eigenvalue weighted by atomic mass is 10.0. The van der Waals surface area contributed by atoms with Gasteiger partial charge in [-0.25, -0.2) is 0 Å². The number of amides is 1. The van der Waals surface area contributed by atoms with Gasteiger partial charge in [-0.1, -0.05) is 31.0 Å². The Morgan fingerprint density at radius 2 is 1.88 bits per heavy atom. The molecule has 25 heavy (non-hydrogen) atoms. The summed E-state index contributed by atoms with van der Waals surface area (Å²) in [6.07, 6.45) is 10.1. The van der Waals surface area contributed by atoms with Crippen LogP contribution in [0.2, 0.25) is 0 Å². The molecule has 0 N–H and O–H groups in total. The normalized spacial score (nSPS) is 18.2. The molecule has 0 radical (unpaired) electrons. The van der Waals surface area contributed by atoms with Gasteiger partial charge in [0.1, 0.15) is 6.54 Å². The van der Waals surface area contributed by atoms with Gasteiger partial charge in [0.2, 0.25) is 5.91 Å². The minimum absolute atomic E-state index is 0.167. The maximum atomic E-state index is 13.1. The Morgan fingerprint density at radius 1 is 1.04 bits per heavy atom. The van der Waals surface area contributed by atoms with Crippen molar-refractivity contribution in [1.29, 1.82) is 0 Å². The SMILES string of the molecule is O=C(Cn1ccc2ccccc21)N1CCCCCC1c1ccncc1. The van der Waals surface area contributed by atoms with Crippen LogP contribution in [0.4, 0.5) is 0 Å². The van der Waals surface area contributed by atoms with Crippen LogP contribution in [0.15, 0.2) is 61.1 Å². The molecule has 1 saturated heterocycles. The fourth-order valence-corrected chi connectivity index (χ4v) is 3.85. The van der Waals surface area contributed by atoms with Crippen molar-refractivity contribution in [2.24, 2.45) is 0 Å². The van der Waals surface area contributed by atoms with Crippen molar-refractivity contribution in [2.45, 2.75) is 38.3 Å². The number of carbonyl (C=O) groups is 1. The van der Waals surface area contributed by atoms with Crippen LogP contribution in [0.1, 0.15) is 37.3 Å². The van der Waals surface area contributed by atoms with Gasteiger partial charge in [-0.3, -0.25) is 9.78 Å². The minimum Gasteiger partial charge on any atom is -0.338 e. The van der Waals surface area contributed by atoms with Gasteiger partial charge in [0, 0.05) is 30.7 Å². The molecule has 3 aromatic rings. The average molecular weight is 333 g/mol. The summed E-state index contributed by atoms with van der Waals surface area (Å²) >= 11 is 0. The Hall–Kier alpha value is -2.62. The highest BCUT2D eigenvalue weighted by molar-refractivity contribution is 5.83. The van der Waals surface area contributed by atoms with Crippen LogP contribution in [0, 0.1) is 0 Å². The van der Waals surface area contributed by atoms with E-state index in [1.54, 1.807) is 0 Å². The average Bonchev–Trinajstić information content (AvgIpc) is 2.90. The van der Waals surface area contributed by atoms with E-state index in [0.717, 1.165) is 24.9 Å². The number of fused-ring (bicyclic) bond motifs is 1. The van der Waals surface area contributed by atoms with Crippen LogP contribution in [0.25, 0.3) is 10.9 Å². The van der Waals surface area contributed by atoms with E-state index < -0.39 is 0 Å². The number of pyridine rings is 1. The first-order valence-electron chi connectivity index (χ1n) is 9.06. The second-order valence-electron chi connectivity index (χ2n) is 6.74. The zero-order valence-corrected chi connectivity index (χ0v) is 14.3. The summed E-state index contributed by atoms with van der Waals surface area (Å²) in [6, 6.07) is 14.5. The fraction of sp³-hybridized carbons (Fsp3) is 0.333. The predicted octanol–water partition coefficient (Wildman–Crippen LogP) is 4.18. The molecule has 0 bridgehead atoms. The van der Waals surface area contributed by atoms with E-state index in [4.69, 9.17) is 0 Å². The van der Waals surface area contributed by atoms with Crippen LogP contribution < -0.4 is 0 Å². The van der Waals surface area contributed by atoms with E-state index in [-0.39, 0.29) is 11.9 Å². The predicted molar refractivity (Wildman–Crippen MR) is 99.1 cm³/mol. The number of benzene rings is 1. The van der Waals surface area contributed by atoms with Gasteiger partial charge in [-0.15, -0.1) is 0 Å². The van der Waals surface area contributed by atoms with Crippen molar-refractivity contribution in [3.63, 3.8) is 0 Å². The van der Waals surface area contributed by atoms with E-state index in [2.05, 4.69) is 32.7 Å². The Kier molecular flexibility index (Phi) is 4.51. The van der Waals surface area contributed by atoms with Gasteiger partial charge in [-0.05, 0) is 48.1 Å². The van der Waals surface area contributed by atoms with Crippen LogP contribution >= 0.6 is 0 Å². The van der Waals surface area contributed by atoms with Crippen LogP contribution in [-0.2, 0) is 11.3 Å². The van der Waals surface area contributed by atoms with E-state index in [1.165, 1.54) is 23.8 Å². The molecule has 1 aliphatic heterocycles. The molecule has 1 aliphatic rings. The summed E-state index contributed by atoms with van der Waals surface area (Å²) in [4.78, 5) is 19.3. The molecule has 0 spiro atoms. The van der Waals surface area contributed by atoms with Gasteiger partial charge in [0.05, 0.1) is 6.04 Å². The lowest BCUT2D eigenvalue weighted by molar-refractivity contribution is -0.134. The number of hydrogen-bond donors (Lipinski definition) is 0. The Labute approximate surface area is 148 Å². The molecule has 0 aliphatic carbocycles. The quantitative estimate of drug-likeness (QED) is 0.721. The molecule has 1 unspecified atom stereocenters. The highest BCUT2D eigenvalue weighted by Gasteiger charge is 2.26. The van der Waals surface area contributed by atoms with E-state index >= 15 is 0 Å². The van der Waals surface area contributed by atoms with Crippen molar-refractivity contribution < 1.29 is 4.79 Å². The lowest BCUT2D eigenvalue weighted by Crippen LogP contribution is -2.37. The van der Waals surface area contributed by atoms with Gasteiger partial charge < -0.3 is 9.47 Å². The van der Waals surface area contributed by atoms with Crippen LogP contribution in [-0.4, -0.2) is 26.9 Å². The molecule has 0 saturated carbocycles. The molecule has 128 valence electrons. The summed E-state index contributed by atoms with van der Waals surface area (Å²) in [6.45, 7) is 1.24. The van der Waals surface area contributed by atoms with Crippen LogP contribution in [0.5, 0.6) is 0 Å². The van der Waals surface area contributed by atoms with Gasteiger partial charge >= 0.3 is 0 Å². The first-order chi connectivity index (χ1) is 12.3. The topological polar surface area (TPSA) is 38.1 Å². The summed E-state index contributed by atoms with van der Waals surface area (Å²) in [7, 11) is 0. The second-order valence-corrected chi connectivity index (χ2v) is 6.74. The molecule has 2 aromatic heterocycles. The van der Waals surface area contributed by atoms with Crippen molar-refractivity contribution >= 4 is 16.8 Å². The molecule has 4 heteroatoms. The lowest BCUT2D eigenvalue weighted by Gasteiger charge is -2.30. The van der Waals surface area contributed by atoms with E-state index in [1.807, 2.05) is 42.9 Å². The smallest absolute Gasteiger partial charge is 0.243 e. The third-order valence-corrected chi connectivity index (χ3v) is 5.15. The molecule has 1 aromatic carbocycles. The number of aromatic nitrogens is 2. The number of carbonyl (C=O) groups excluding carboxylic acids is 1. The summed E-state index contributed by atoms with van der Waals surface area (Å²) < 4.78 is 2.06. The molecule has 4 rings (SSSR count). The summed E-state index contributed by atoms with van der Waals surface area (Å²) in [5, 5.41) is 1.18. The van der Waals surface area contributed by atoms with Crippen molar-refractivity contribution in [2.75, 3.05) is 6.54 Å². The molecule has 1 atom stereocenters. The van der Waals surface area contributed by atoms with Crippen molar-refractivity contribution in [3.05, 3.63) is 66.6 Å². The molecule has 4 nitrogen and oxygen atoms in total. The number of para-hydroxylation sites is 1. The van der Waals surface area contributed by atoms with E-state index in [0.29, 0.717) is 6.54 Å². The van der Waals surface area contributed by atoms with E-state index in [9.17, 15) is 4.79 Å². The third-order valence-electron chi connectivity index (χ3n) is 5.15. The Bertz CT molecular complexity index is 856.